The highest BCUT2D eigenvalue weighted by atomic mass is 16.6. The van der Waals surface area contributed by atoms with E-state index in [1.54, 1.807) is 0 Å². The number of para-hydroxylation sites is 1. The van der Waals surface area contributed by atoms with Crippen molar-refractivity contribution in [2.24, 2.45) is 5.73 Å². The third-order valence-electron chi connectivity index (χ3n) is 3.13. The number of amides is 1. The van der Waals surface area contributed by atoms with Crippen LogP contribution in [0.4, 0.5) is 11.4 Å². The summed E-state index contributed by atoms with van der Waals surface area (Å²) in [5.74, 6) is -0.883. The first-order valence-corrected chi connectivity index (χ1v) is 6.15. The Balaban J connectivity index is 2.14. The van der Waals surface area contributed by atoms with Gasteiger partial charge >= 0.3 is 0 Å². The van der Waals surface area contributed by atoms with Crippen LogP contribution in [-0.4, -0.2) is 34.7 Å². The van der Waals surface area contributed by atoms with Crippen LogP contribution in [0.2, 0.25) is 0 Å². The lowest BCUT2D eigenvalue weighted by atomic mass is 10.2. The Labute approximate surface area is 114 Å². The van der Waals surface area contributed by atoms with Gasteiger partial charge in [-0.3, -0.25) is 14.9 Å². The van der Waals surface area contributed by atoms with Crippen molar-refractivity contribution in [3.63, 3.8) is 0 Å². The fourth-order valence-corrected chi connectivity index (χ4v) is 2.08. The van der Waals surface area contributed by atoms with Crippen molar-refractivity contribution in [3.05, 3.63) is 28.3 Å². The molecule has 1 aliphatic heterocycles. The molecular weight excluding hydrogens is 266 g/mol. The first-order chi connectivity index (χ1) is 9.52. The molecule has 1 saturated heterocycles. The summed E-state index contributed by atoms with van der Waals surface area (Å²) in [7, 11) is 0. The molecule has 0 aliphatic carbocycles. The third kappa shape index (κ3) is 2.86. The van der Waals surface area contributed by atoms with E-state index >= 15 is 0 Å². The van der Waals surface area contributed by atoms with Crippen molar-refractivity contribution in [1.29, 1.82) is 0 Å². The fraction of sp³-hybridized carbons (Fsp3) is 0.417. The van der Waals surface area contributed by atoms with Crippen LogP contribution in [-0.2, 0) is 9.53 Å². The Kier molecular flexibility index (Phi) is 4.16. The van der Waals surface area contributed by atoms with Crippen molar-refractivity contribution >= 4 is 17.3 Å². The summed E-state index contributed by atoms with van der Waals surface area (Å²) in [6.45, 7) is 0.320. The maximum atomic E-state index is 12.0. The van der Waals surface area contributed by atoms with Gasteiger partial charge in [-0.1, -0.05) is 6.07 Å². The molecule has 108 valence electrons. The van der Waals surface area contributed by atoms with E-state index in [0.717, 1.165) is 0 Å². The Bertz CT molecular complexity index is 534. The Morgan fingerprint density at radius 3 is 2.90 bits per heavy atom. The van der Waals surface area contributed by atoms with Gasteiger partial charge in [0.25, 0.3) is 11.6 Å². The topological polar surface area (TPSA) is 128 Å². The Hall–Kier alpha value is -2.19. The van der Waals surface area contributed by atoms with Gasteiger partial charge in [-0.15, -0.1) is 0 Å². The zero-order valence-electron chi connectivity index (χ0n) is 10.6. The number of hydrogen-bond acceptors (Lipinski definition) is 6. The molecule has 2 unspecified atom stereocenters. The molecule has 0 spiro atoms. The number of nitro benzene ring substituents is 1. The maximum Gasteiger partial charge on any atom is 0.296 e. The summed E-state index contributed by atoms with van der Waals surface area (Å²) >= 11 is 0. The van der Waals surface area contributed by atoms with Gasteiger partial charge < -0.3 is 20.9 Å². The number of hydrogen-bond donors (Lipinski definition) is 3. The monoisotopic (exact) mass is 281 g/mol. The molecule has 1 fully saturated rings. The van der Waals surface area contributed by atoms with E-state index in [1.807, 2.05) is 0 Å². The number of nitro groups is 1. The van der Waals surface area contributed by atoms with Crippen molar-refractivity contribution in [3.8, 4) is 5.75 Å². The van der Waals surface area contributed by atoms with E-state index in [9.17, 15) is 20.0 Å². The summed E-state index contributed by atoms with van der Waals surface area (Å²) in [5.41, 5.74) is 4.86. The quantitative estimate of drug-likeness (QED) is 0.424. The highest BCUT2D eigenvalue weighted by Crippen LogP contribution is 2.33. The van der Waals surface area contributed by atoms with Gasteiger partial charge in [0.2, 0.25) is 0 Å². The second-order valence-electron chi connectivity index (χ2n) is 4.48. The Morgan fingerprint density at radius 2 is 2.30 bits per heavy atom. The summed E-state index contributed by atoms with van der Waals surface area (Å²) in [5, 5.41) is 22.9. The third-order valence-corrected chi connectivity index (χ3v) is 3.13. The van der Waals surface area contributed by atoms with Crippen LogP contribution in [0, 0.1) is 10.1 Å². The predicted molar refractivity (Wildman–Crippen MR) is 70.3 cm³/mol. The molecule has 8 nitrogen and oxygen atoms in total. The molecule has 8 heteroatoms. The molecule has 0 radical (unpaired) electrons. The fourth-order valence-electron chi connectivity index (χ4n) is 2.08. The van der Waals surface area contributed by atoms with E-state index < -0.39 is 16.9 Å². The lowest BCUT2D eigenvalue weighted by Crippen LogP contribution is -2.30. The maximum absolute atomic E-state index is 12.0. The minimum Gasteiger partial charge on any atom is -0.505 e. The SMILES string of the molecule is NCC1CCC(C(=O)Nc2c(O)cccc2[N+](=O)[O-])O1. The van der Waals surface area contributed by atoms with Crippen molar-refractivity contribution in [1.82, 2.24) is 0 Å². The second-order valence-corrected chi connectivity index (χ2v) is 4.48. The number of phenols is 1. The summed E-state index contributed by atoms with van der Waals surface area (Å²) in [6, 6.07) is 3.80. The number of benzene rings is 1. The number of nitrogens with zero attached hydrogens (tertiary/aromatic N) is 1. The Morgan fingerprint density at radius 1 is 1.55 bits per heavy atom. The number of carbonyl (C=O) groups excluding carboxylic acids is 1. The van der Waals surface area contributed by atoms with E-state index in [0.29, 0.717) is 19.4 Å². The van der Waals surface area contributed by atoms with E-state index in [2.05, 4.69) is 5.32 Å². The zero-order valence-corrected chi connectivity index (χ0v) is 10.6. The van der Waals surface area contributed by atoms with Gasteiger partial charge in [0.15, 0.2) is 5.69 Å². The molecule has 20 heavy (non-hydrogen) atoms. The van der Waals surface area contributed by atoms with Gasteiger partial charge in [-0.05, 0) is 18.9 Å². The van der Waals surface area contributed by atoms with Crippen LogP contribution in [0.3, 0.4) is 0 Å². The lowest BCUT2D eigenvalue weighted by molar-refractivity contribution is -0.384. The van der Waals surface area contributed by atoms with Gasteiger partial charge in [0, 0.05) is 12.6 Å². The number of aromatic hydroxyl groups is 1. The number of ether oxygens (including phenoxy) is 1. The van der Waals surface area contributed by atoms with Crippen LogP contribution in [0.15, 0.2) is 18.2 Å². The number of nitrogens with one attached hydrogen (secondary N) is 1. The van der Waals surface area contributed by atoms with Gasteiger partial charge in [-0.2, -0.15) is 0 Å². The highest BCUT2D eigenvalue weighted by Gasteiger charge is 2.31. The van der Waals surface area contributed by atoms with Gasteiger partial charge in [-0.25, -0.2) is 0 Å². The van der Waals surface area contributed by atoms with E-state index in [4.69, 9.17) is 10.5 Å². The zero-order chi connectivity index (χ0) is 14.7. The molecule has 0 bridgehead atoms. The minimum atomic E-state index is -0.706. The first-order valence-electron chi connectivity index (χ1n) is 6.15. The predicted octanol–water partition coefficient (Wildman–Crippen LogP) is 0.745. The van der Waals surface area contributed by atoms with E-state index in [-0.39, 0.29) is 23.2 Å². The summed E-state index contributed by atoms with van der Waals surface area (Å²) < 4.78 is 5.40. The summed E-state index contributed by atoms with van der Waals surface area (Å²) in [6.07, 6.45) is 0.278. The average Bonchev–Trinajstić information content (AvgIpc) is 2.89. The number of rotatable bonds is 4. The molecule has 1 heterocycles. The number of carbonyl (C=O) groups is 1. The van der Waals surface area contributed by atoms with Gasteiger partial charge in [0.05, 0.1) is 11.0 Å². The first kappa shape index (κ1) is 14.2. The normalized spacial score (nSPS) is 21.6. The molecule has 1 aromatic carbocycles. The molecule has 1 amide bonds. The lowest BCUT2D eigenvalue weighted by Gasteiger charge is -2.13. The molecule has 0 aromatic heterocycles. The molecular formula is C12H15N3O5. The van der Waals surface area contributed by atoms with Crippen LogP contribution in [0.5, 0.6) is 5.75 Å². The average molecular weight is 281 g/mol. The van der Waals surface area contributed by atoms with E-state index in [1.165, 1.54) is 18.2 Å². The van der Waals surface area contributed by atoms with Crippen LogP contribution >= 0.6 is 0 Å². The highest BCUT2D eigenvalue weighted by molar-refractivity contribution is 5.97. The number of anilines is 1. The van der Waals surface area contributed by atoms with Gasteiger partial charge in [0.1, 0.15) is 11.9 Å². The van der Waals surface area contributed by atoms with Crippen LogP contribution in [0.1, 0.15) is 12.8 Å². The molecule has 0 saturated carbocycles. The largest absolute Gasteiger partial charge is 0.505 e. The van der Waals surface area contributed by atoms with Crippen LogP contribution < -0.4 is 11.1 Å². The minimum absolute atomic E-state index is 0.176. The van der Waals surface area contributed by atoms with Crippen LogP contribution in [0.25, 0.3) is 0 Å². The second kappa shape index (κ2) is 5.85. The molecule has 2 atom stereocenters. The molecule has 2 rings (SSSR count). The van der Waals surface area contributed by atoms with Crippen molar-refractivity contribution in [2.45, 2.75) is 25.0 Å². The number of nitrogens with two attached hydrogens (primary N) is 1. The van der Waals surface area contributed by atoms with Crippen molar-refractivity contribution < 1.29 is 19.6 Å². The molecule has 1 aliphatic rings. The number of phenolic OH excluding ortho intramolecular Hbond substituents is 1. The molecule has 4 N–H and O–H groups in total. The summed E-state index contributed by atoms with van der Waals surface area (Å²) in [4.78, 5) is 22.2. The smallest absolute Gasteiger partial charge is 0.296 e. The molecule has 1 aromatic rings. The standard InChI is InChI=1S/C12H15N3O5/c13-6-7-4-5-10(20-7)12(17)14-11-8(15(18)19)2-1-3-9(11)16/h1-3,7,10,16H,4-6,13H2,(H,14,17). The van der Waals surface area contributed by atoms with Crippen molar-refractivity contribution in [2.75, 3.05) is 11.9 Å².